The highest BCUT2D eigenvalue weighted by atomic mass is 32.2. The standard InChI is InChI=1S/C21H21N5OS/c1-4-25(18-11-7-9-16-8-5-6-10-17(16)18)19(27)13-28-21-23-20-22-14(2)12-15(3)26(20)24-21/h5-12H,4,13H2,1-3H3. The molecule has 6 nitrogen and oxygen atoms in total. The summed E-state index contributed by atoms with van der Waals surface area (Å²) in [5.41, 5.74) is 2.81. The Hall–Kier alpha value is -2.93. The molecular weight excluding hydrogens is 370 g/mol. The van der Waals surface area contributed by atoms with Crippen molar-refractivity contribution in [2.24, 2.45) is 0 Å². The maximum Gasteiger partial charge on any atom is 0.253 e. The summed E-state index contributed by atoms with van der Waals surface area (Å²) in [5.74, 6) is 0.865. The van der Waals surface area contributed by atoms with Gasteiger partial charge >= 0.3 is 0 Å². The lowest BCUT2D eigenvalue weighted by Gasteiger charge is -2.22. The van der Waals surface area contributed by atoms with E-state index in [9.17, 15) is 4.79 Å². The van der Waals surface area contributed by atoms with E-state index < -0.39 is 0 Å². The Morgan fingerprint density at radius 3 is 2.71 bits per heavy atom. The summed E-state index contributed by atoms with van der Waals surface area (Å²) in [6.45, 7) is 6.49. The fourth-order valence-electron chi connectivity index (χ4n) is 3.34. The lowest BCUT2D eigenvalue weighted by molar-refractivity contribution is -0.116. The molecule has 0 saturated carbocycles. The SMILES string of the molecule is CCN(C(=O)CSc1nc2nc(C)cc(C)n2n1)c1cccc2ccccc12. The number of benzene rings is 2. The molecule has 4 rings (SSSR count). The van der Waals surface area contributed by atoms with Gasteiger partial charge < -0.3 is 4.90 Å². The zero-order valence-corrected chi connectivity index (χ0v) is 16.9. The van der Waals surface area contributed by atoms with E-state index >= 15 is 0 Å². The topological polar surface area (TPSA) is 63.4 Å². The van der Waals surface area contributed by atoms with Gasteiger partial charge in [-0.1, -0.05) is 48.2 Å². The molecule has 28 heavy (non-hydrogen) atoms. The van der Waals surface area contributed by atoms with Crippen molar-refractivity contribution in [2.75, 3.05) is 17.2 Å². The maximum absolute atomic E-state index is 13.0. The van der Waals surface area contributed by atoms with Crippen LogP contribution < -0.4 is 4.90 Å². The first kappa shape index (κ1) is 18.4. The molecule has 2 aromatic carbocycles. The van der Waals surface area contributed by atoms with Crippen LogP contribution in [-0.2, 0) is 4.79 Å². The number of aryl methyl sites for hydroxylation is 2. The van der Waals surface area contributed by atoms with Crippen molar-refractivity contribution < 1.29 is 4.79 Å². The lowest BCUT2D eigenvalue weighted by Crippen LogP contribution is -2.32. The molecule has 0 saturated heterocycles. The van der Waals surface area contributed by atoms with Gasteiger partial charge in [-0.3, -0.25) is 4.79 Å². The van der Waals surface area contributed by atoms with E-state index in [1.165, 1.54) is 11.8 Å². The quantitative estimate of drug-likeness (QED) is 0.481. The van der Waals surface area contributed by atoms with Crippen LogP contribution in [-0.4, -0.2) is 37.8 Å². The molecule has 0 spiro atoms. The summed E-state index contributed by atoms with van der Waals surface area (Å²) in [5, 5.41) is 7.23. The Morgan fingerprint density at radius 1 is 1.11 bits per heavy atom. The molecule has 0 radical (unpaired) electrons. The van der Waals surface area contributed by atoms with Crippen molar-refractivity contribution >= 4 is 39.9 Å². The Balaban J connectivity index is 1.56. The minimum Gasteiger partial charge on any atom is -0.311 e. The average molecular weight is 392 g/mol. The number of anilines is 1. The molecule has 0 N–H and O–H groups in total. The van der Waals surface area contributed by atoms with Crippen LogP contribution in [0.2, 0.25) is 0 Å². The normalized spacial score (nSPS) is 11.2. The van der Waals surface area contributed by atoms with Crippen LogP contribution in [0.3, 0.4) is 0 Å². The molecule has 142 valence electrons. The highest BCUT2D eigenvalue weighted by molar-refractivity contribution is 7.99. The van der Waals surface area contributed by atoms with E-state index in [1.54, 1.807) is 4.52 Å². The molecule has 7 heteroatoms. The van der Waals surface area contributed by atoms with Crippen LogP contribution in [0.25, 0.3) is 16.6 Å². The predicted octanol–water partition coefficient (Wildman–Crippen LogP) is 4.04. The van der Waals surface area contributed by atoms with Crippen molar-refractivity contribution in [3.63, 3.8) is 0 Å². The minimum absolute atomic E-state index is 0.0311. The van der Waals surface area contributed by atoms with Gasteiger partial charge in [-0.2, -0.15) is 4.98 Å². The molecule has 2 heterocycles. The van der Waals surface area contributed by atoms with Crippen molar-refractivity contribution in [3.05, 3.63) is 59.9 Å². The first-order chi connectivity index (χ1) is 13.6. The smallest absolute Gasteiger partial charge is 0.253 e. The Kier molecular flexibility index (Phi) is 5.00. The van der Waals surface area contributed by atoms with Gasteiger partial charge in [0, 0.05) is 23.3 Å². The number of nitrogens with zero attached hydrogens (tertiary/aromatic N) is 5. The fraction of sp³-hybridized carbons (Fsp3) is 0.238. The van der Waals surface area contributed by atoms with E-state index in [0.717, 1.165) is 27.8 Å². The van der Waals surface area contributed by atoms with Crippen molar-refractivity contribution in [3.8, 4) is 0 Å². The number of carbonyl (C=O) groups is 1. The zero-order chi connectivity index (χ0) is 19.7. The van der Waals surface area contributed by atoms with E-state index in [1.807, 2.05) is 62.1 Å². The molecule has 1 amide bonds. The van der Waals surface area contributed by atoms with Gasteiger partial charge in [-0.25, -0.2) is 9.50 Å². The molecule has 0 bridgehead atoms. The second-order valence-corrected chi connectivity index (χ2v) is 7.51. The van der Waals surface area contributed by atoms with Gasteiger partial charge in [0.1, 0.15) is 0 Å². The molecule has 2 aromatic heterocycles. The van der Waals surface area contributed by atoms with Gasteiger partial charge in [-0.15, -0.1) is 5.10 Å². The minimum atomic E-state index is 0.0311. The Bertz CT molecular complexity index is 1160. The molecule has 0 aliphatic heterocycles. The number of hydrogen-bond donors (Lipinski definition) is 0. The summed E-state index contributed by atoms with van der Waals surface area (Å²) in [6, 6.07) is 16.1. The monoisotopic (exact) mass is 391 g/mol. The van der Waals surface area contributed by atoms with Crippen molar-refractivity contribution in [2.45, 2.75) is 25.9 Å². The lowest BCUT2D eigenvalue weighted by atomic mass is 10.1. The number of thioether (sulfide) groups is 1. The fourth-order valence-corrected chi connectivity index (χ4v) is 4.03. The van der Waals surface area contributed by atoms with Crippen molar-refractivity contribution in [1.82, 2.24) is 19.6 Å². The van der Waals surface area contributed by atoms with Gasteiger partial charge in [0.2, 0.25) is 11.1 Å². The van der Waals surface area contributed by atoms with E-state index in [2.05, 4.69) is 27.2 Å². The van der Waals surface area contributed by atoms with Gasteiger partial charge in [0.15, 0.2) is 0 Å². The highest BCUT2D eigenvalue weighted by Gasteiger charge is 2.18. The van der Waals surface area contributed by atoms with Crippen LogP contribution in [0.1, 0.15) is 18.3 Å². The summed E-state index contributed by atoms with van der Waals surface area (Å²) < 4.78 is 1.71. The molecular formula is C21H21N5OS. The molecule has 0 aliphatic rings. The van der Waals surface area contributed by atoms with E-state index in [4.69, 9.17) is 0 Å². The molecule has 0 unspecified atom stereocenters. The first-order valence-electron chi connectivity index (χ1n) is 9.18. The van der Waals surface area contributed by atoms with Gasteiger partial charge in [0.05, 0.1) is 11.4 Å². The van der Waals surface area contributed by atoms with Gasteiger partial charge in [-0.05, 0) is 38.3 Å². The third-order valence-electron chi connectivity index (χ3n) is 4.60. The third kappa shape index (κ3) is 3.45. The first-order valence-corrected chi connectivity index (χ1v) is 10.2. The zero-order valence-electron chi connectivity index (χ0n) is 16.1. The number of carbonyl (C=O) groups excluding carboxylic acids is 1. The van der Waals surface area contributed by atoms with Crippen LogP contribution in [0, 0.1) is 13.8 Å². The number of amides is 1. The summed E-state index contributed by atoms with van der Waals surface area (Å²) in [6.07, 6.45) is 0. The van der Waals surface area contributed by atoms with E-state index in [-0.39, 0.29) is 11.7 Å². The third-order valence-corrected chi connectivity index (χ3v) is 5.42. The van der Waals surface area contributed by atoms with Crippen LogP contribution in [0.4, 0.5) is 5.69 Å². The Labute approximate surface area is 167 Å². The highest BCUT2D eigenvalue weighted by Crippen LogP contribution is 2.27. The number of rotatable bonds is 5. The number of aromatic nitrogens is 4. The summed E-state index contributed by atoms with van der Waals surface area (Å²) >= 11 is 1.34. The van der Waals surface area contributed by atoms with Crippen LogP contribution in [0.5, 0.6) is 0 Å². The summed E-state index contributed by atoms with van der Waals surface area (Å²) in [7, 11) is 0. The second kappa shape index (κ2) is 7.59. The van der Waals surface area contributed by atoms with Gasteiger partial charge in [0.25, 0.3) is 5.78 Å². The predicted molar refractivity (Wildman–Crippen MR) is 113 cm³/mol. The largest absolute Gasteiger partial charge is 0.311 e. The average Bonchev–Trinajstić information content (AvgIpc) is 3.10. The second-order valence-electron chi connectivity index (χ2n) is 6.57. The molecule has 0 fully saturated rings. The molecule has 4 aromatic rings. The van der Waals surface area contributed by atoms with Crippen LogP contribution in [0.15, 0.2) is 53.7 Å². The molecule has 0 aliphatic carbocycles. The Morgan fingerprint density at radius 2 is 1.89 bits per heavy atom. The maximum atomic E-state index is 13.0. The van der Waals surface area contributed by atoms with Crippen molar-refractivity contribution in [1.29, 1.82) is 0 Å². The number of hydrogen-bond acceptors (Lipinski definition) is 5. The molecule has 0 atom stereocenters. The van der Waals surface area contributed by atoms with E-state index in [0.29, 0.717) is 17.5 Å². The summed E-state index contributed by atoms with van der Waals surface area (Å²) in [4.78, 5) is 23.6. The van der Waals surface area contributed by atoms with Crippen LogP contribution >= 0.6 is 11.8 Å². The number of fused-ring (bicyclic) bond motifs is 2.